The number of benzene rings is 1. The molecule has 0 bridgehead atoms. The Morgan fingerprint density at radius 3 is 2.37 bits per heavy atom. The van der Waals surface area contributed by atoms with Crippen LogP contribution < -0.4 is 0 Å². The second kappa shape index (κ2) is 5.43. The van der Waals surface area contributed by atoms with Gasteiger partial charge in [0.25, 0.3) is 0 Å². The number of amides is 1. The monoisotopic (exact) mass is 261 g/mol. The number of carbonyl (C=O) groups excluding carboxylic acids is 1. The Kier molecular flexibility index (Phi) is 3.88. The number of hydrogen-bond donors (Lipinski definition) is 1. The maximum atomic E-state index is 11.8. The molecule has 1 N–H and O–H groups in total. The van der Waals surface area contributed by atoms with Crippen molar-refractivity contribution in [3.8, 4) is 0 Å². The van der Waals surface area contributed by atoms with Crippen LogP contribution in [0.25, 0.3) is 0 Å². The van der Waals surface area contributed by atoms with Gasteiger partial charge in [-0.1, -0.05) is 30.3 Å². The smallest absolute Gasteiger partial charge is 0.303 e. The molecule has 0 atom stereocenters. The second-order valence-corrected chi connectivity index (χ2v) is 5.29. The Balaban J connectivity index is 1.94. The predicted molar refractivity (Wildman–Crippen MR) is 71.9 cm³/mol. The quantitative estimate of drug-likeness (QED) is 0.852. The van der Waals surface area contributed by atoms with Gasteiger partial charge in [0.1, 0.15) is 0 Å². The van der Waals surface area contributed by atoms with Gasteiger partial charge >= 0.3 is 5.97 Å². The van der Waals surface area contributed by atoms with E-state index in [1.807, 2.05) is 18.2 Å². The predicted octanol–water partition coefficient (Wildman–Crippen LogP) is 2.04. The molecule has 1 aromatic rings. The van der Waals surface area contributed by atoms with Crippen LogP contribution in [0.15, 0.2) is 30.3 Å². The normalized spacial score (nSPS) is 15.8. The lowest BCUT2D eigenvalue weighted by Crippen LogP contribution is -2.34. The zero-order chi connectivity index (χ0) is 13.9. The van der Waals surface area contributed by atoms with Crippen molar-refractivity contribution in [2.45, 2.75) is 31.1 Å². The van der Waals surface area contributed by atoms with Crippen molar-refractivity contribution >= 4 is 11.9 Å². The first-order valence-corrected chi connectivity index (χ1v) is 6.55. The molecular weight excluding hydrogens is 242 g/mol. The summed E-state index contributed by atoms with van der Waals surface area (Å²) in [5, 5.41) is 8.60. The third-order valence-corrected chi connectivity index (χ3v) is 3.76. The van der Waals surface area contributed by atoms with Crippen molar-refractivity contribution in [1.82, 2.24) is 4.90 Å². The largest absolute Gasteiger partial charge is 0.481 e. The number of hydrogen-bond acceptors (Lipinski definition) is 2. The van der Waals surface area contributed by atoms with Crippen LogP contribution in [0.3, 0.4) is 0 Å². The molecule has 0 aromatic heterocycles. The van der Waals surface area contributed by atoms with Crippen LogP contribution in [0.1, 0.15) is 31.2 Å². The summed E-state index contributed by atoms with van der Waals surface area (Å²) in [6, 6.07) is 10.2. The Morgan fingerprint density at radius 2 is 1.84 bits per heavy atom. The van der Waals surface area contributed by atoms with Gasteiger partial charge in [-0.25, -0.2) is 0 Å². The molecule has 1 aliphatic rings. The van der Waals surface area contributed by atoms with Crippen molar-refractivity contribution in [2.75, 3.05) is 13.6 Å². The second-order valence-electron chi connectivity index (χ2n) is 5.29. The van der Waals surface area contributed by atoms with E-state index in [0.29, 0.717) is 6.54 Å². The number of carboxylic acids is 1. The minimum absolute atomic E-state index is 0.0801. The summed E-state index contributed by atoms with van der Waals surface area (Å²) < 4.78 is 0. The summed E-state index contributed by atoms with van der Waals surface area (Å²) in [4.78, 5) is 24.0. The van der Waals surface area contributed by atoms with Gasteiger partial charge in [0, 0.05) is 25.4 Å². The summed E-state index contributed by atoms with van der Waals surface area (Å²) in [5.41, 5.74) is 1.36. The molecule has 4 nitrogen and oxygen atoms in total. The molecule has 19 heavy (non-hydrogen) atoms. The maximum absolute atomic E-state index is 11.8. The molecule has 2 rings (SSSR count). The molecule has 0 saturated heterocycles. The Hall–Kier alpha value is -1.84. The number of rotatable bonds is 6. The third kappa shape index (κ3) is 3.34. The molecule has 102 valence electrons. The lowest BCUT2D eigenvalue weighted by Gasteiger charge is -2.24. The minimum Gasteiger partial charge on any atom is -0.481 e. The van der Waals surface area contributed by atoms with E-state index >= 15 is 0 Å². The van der Waals surface area contributed by atoms with Crippen LogP contribution >= 0.6 is 0 Å². The summed E-state index contributed by atoms with van der Waals surface area (Å²) >= 11 is 0. The molecule has 0 spiro atoms. The van der Waals surface area contributed by atoms with E-state index in [-0.39, 0.29) is 24.2 Å². The van der Waals surface area contributed by atoms with Crippen molar-refractivity contribution in [3.05, 3.63) is 35.9 Å². The Bertz CT molecular complexity index is 466. The highest BCUT2D eigenvalue weighted by Gasteiger charge is 2.45. The summed E-state index contributed by atoms with van der Waals surface area (Å²) in [7, 11) is 1.76. The summed E-state index contributed by atoms with van der Waals surface area (Å²) in [6.45, 7) is 0.676. The number of likely N-dealkylation sites (N-methyl/N-ethyl adjacent to an activating group) is 1. The SMILES string of the molecule is CN(CC1(c2ccccc2)CC1)C(=O)CCC(=O)O. The van der Waals surface area contributed by atoms with E-state index in [2.05, 4.69) is 12.1 Å². The van der Waals surface area contributed by atoms with E-state index in [9.17, 15) is 9.59 Å². The van der Waals surface area contributed by atoms with E-state index in [1.165, 1.54) is 5.56 Å². The highest BCUT2D eigenvalue weighted by Crippen LogP contribution is 2.48. The van der Waals surface area contributed by atoms with Gasteiger partial charge in [-0.2, -0.15) is 0 Å². The van der Waals surface area contributed by atoms with Gasteiger partial charge in [0.15, 0.2) is 0 Å². The number of carboxylic acid groups (broad SMARTS) is 1. The van der Waals surface area contributed by atoms with E-state index in [1.54, 1.807) is 11.9 Å². The molecule has 1 fully saturated rings. The molecule has 0 aliphatic heterocycles. The van der Waals surface area contributed by atoms with Crippen LogP contribution in [0.5, 0.6) is 0 Å². The average molecular weight is 261 g/mol. The fraction of sp³-hybridized carbons (Fsp3) is 0.467. The average Bonchev–Trinajstić information content (AvgIpc) is 3.17. The van der Waals surface area contributed by atoms with Crippen molar-refractivity contribution in [3.63, 3.8) is 0 Å². The standard InChI is InChI=1S/C15H19NO3/c1-16(13(17)7-8-14(18)19)11-15(9-10-15)12-5-3-2-4-6-12/h2-6H,7-11H2,1H3,(H,18,19). The van der Waals surface area contributed by atoms with Crippen LogP contribution in [0.2, 0.25) is 0 Å². The zero-order valence-corrected chi connectivity index (χ0v) is 11.1. The molecule has 0 radical (unpaired) electrons. The number of aliphatic carboxylic acids is 1. The van der Waals surface area contributed by atoms with Crippen molar-refractivity contribution in [2.24, 2.45) is 0 Å². The van der Waals surface area contributed by atoms with Gasteiger partial charge in [0.2, 0.25) is 5.91 Å². The molecule has 1 aliphatic carbocycles. The fourth-order valence-corrected chi connectivity index (χ4v) is 2.43. The summed E-state index contributed by atoms with van der Waals surface area (Å²) in [5.74, 6) is -1.02. The molecule has 1 aromatic carbocycles. The van der Waals surface area contributed by atoms with Crippen LogP contribution in [0.4, 0.5) is 0 Å². The fourth-order valence-electron chi connectivity index (χ4n) is 2.43. The first-order valence-electron chi connectivity index (χ1n) is 6.55. The number of nitrogens with zero attached hydrogens (tertiary/aromatic N) is 1. The molecule has 1 saturated carbocycles. The third-order valence-electron chi connectivity index (χ3n) is 3.76. The van der Waals surface area contributed by atoms with E-state index in [4.69, 9.17) is 5.11 Å². The lowest BCUT2D eigenvalue weighted by atomic mass is 9.95. The van der Waals surface area contributed by atoms with Gasteiger partial charge in [-0.05, 0) is 18.4 Å². The molecule has 0 heterocycles. The van der Waals surface area contributed by atoms with E-state index in [0.717, 1.165) is 12.8 Å². The van der Waals surface area contributed by atoms with Gasteiger partial charge in [-0.3, -0.25) is 9.59 Å². The van der Waals surface area contributed by atoms with Gasteiger partial charge in [-0.15, -0.1) is 0 Å². The zero-order valence-electron chi connectivity index (χ0n) is 11.1. The van der Waals surface area contributed by atoms with Crippen LogP contribution in [-0.2, 0) is 15.0 Å². The molecular formula is C15H19NO3. The summed E-state index contributed by atoms with van der Waals surface area (Å²) in [6.07, 6.45) is 2.17. The topological polar surface area (TPSA) is 57.6 Å². The molecule has 1 amide bonds. The first kappa shape index (κ1) is 13.6. The lowest BCUT2D eigenvalue weighted by molar-refractivity contribution is -0.140. The minimum atomic E-state index is -0.925. The molecule has 4 heteroatoms. The molecule has 0 unspecified atom stereocenters. The van der Waals surface area contributed by atoms with Crippen LogP contribution in [0, 0.1) is 0 Å². The van der Waals surface area contributed by atoms with Crippen LogP contribution in [-0.4, -0.2) is 35.5 Å². The Labute approximate surface area is 113 Å². The van der Waals surface area contributed by atoms with Crippen molar-refractivity contribution < 1.29 is 14.7 Å². The van der Waals surface area contributed by atoms with Crippen molar-refractivity contribution in [1.29, 1.82) is 0 Å². The van der Waals surface area contributed by atoms with Gasteiger partial charge < -0.3 is 10.0 Å². The maximum Gasteiger partial charge on any atom is 0.303 e. The van der Waals surface area contributed by atoms with Gasteiger partial charge in [0.05, 0.1) is 6.42 Å². The Morgan fingerprint density at radius 1 is 1.21 bits per heavy atom. The van der Waals surface area contributed by atoms with E-state index < -0.39 is 5.97 Å². The highest BCUT2D eigenvalue weighted by molar-refractivity contribution is 5.80. The first-order chi connectivity index (χ1) is 9.03. The number of carbonyl (C=O) groups is 2. The highest BCUT2D eigenvalue weighted by atomic mass is 16.4.